The molecule has 2 aromatic carbocycles. The fraction of sp³-hybridized carbons (Fsp3) is 0.300. The molecule has 3 rings (SSSR count). The number of piperazine rings is 1. The Balaban J connectivity index is 1.42. The predicted octanol–water partition coefficient (Wildman–Crippen LogP) is 0.715. The van der Waals surface area contributed by atoms with Gasteiger partial charge in [-0.2, -0.15) is 4.31 Å². The van der Waals surface area contributed by atoms with Crippen LogP contribution in [0.15, 0.2) is 65.6 Å². The van der Waals surface area contributed by atoms with E-state index in [0.29, 0.717) is 5.75 Å². The molecule has 2 amide bonds. The monoisotopic (exact) mass is 417 g/mol. The van der Waals surface area contributed by atoms with Crippen LogP contribution < -0.4 is 10.1 Å². The number of hydrogen-bond donors (Lipinski definition) is 1. The van der Waals surface area contributed by atoms with Crippen LogP contribution in [0.25, 0.3) is 0 Å². The van der Waals surface area contributed by atoms with Crippen molar-refractivity contribution >= 4 is 21.8 Å². The Labute approximate surface area is 170 Å². The number of sulfonamides is 1. The summed E-state index contributed by atoms with van der Waals surface area (Å²) >= 11 is 0. The number of rotatable bonds is 7. The lowest BCUT2D eigenvalue weighted by Crippen LogP contribution is -2.52. The SMILES string of the molecule is O=C(COc1ccccc1)NCC(=O)N1CCN(S(=O)(=O)c2ccccc2)CC1. The van der Waals surface area contributed by atoms with Crippen LogP contribution >= 0.6 is 0 Å². The molecule has 0 aliphatic carbocycles. The number of hydrogen-bond acceptors (Lipinski definition) is 5. The van der Waals surface area contributed by atoms with Gasteiger partial charge in [-0.25, -0.2) is 8.42 Å². The average molecular weight is 417 g/mol. The van der Waals surface area contributed by atoms with Gasteiger partial charge in [0.2, 0.25) is 15.9 Å². The van der Waals surface area contributed by atoms with E-state index in [1.807, 2.05) is 6.07 Å². The van der Waals surface area contributed by atoms with Gasteiger partial charge in [-0.3, -0.25) is 9.59 Å². The zero-order valence-corrected chi connectivity index (χ0v) is 16.7. The molecule has 2 aromatic rings. The van der Waals surface area contributed by atoms with E-state index in [4.69, 9.17) is 4.74 Å². The Hall–Kier alpha value is -2.91. The lowest BCUT2D eigenvalue weighted by Gasteiger charge is -2.34. The Morgan fingerprint density at radius 2 is 1.48 bits per heavy atom. The summed E-state index contributed by atoms with van der Waals surface area (Å²) in [7, 11) is -3.56. The van der Waals surface area contributed by atoms with Gasteiger partial charge in [0.25, 0.3) is 5.91 Å². The van der Waals surface area contributed by atoms with Crippen molar-refractivity contribution in [3.8, 4) is 5.75 Å². The number of para-hydroxylation sites is 1. The van der Waals surface area contributed by atoms with E-state index in [0.717, 1.165) is 0 Å². The zero-order chi connectivity index (χ0) is 20.7. The van der Waals surface area contributed by atoms with Gasteiger partial charge in [0.15, 0.2) is 6.61 Å². The van der Waals surface area contributed by atoms with Gasteiger partial charge in [-0.15, -0.1) is 0 Å². The molecule has 1 saturated heterocycles. The van der Waals surface area contributed by atoms with Gasteiger partial charge < -0.3 is 15.0 Å². The Bertz CT molecular complexity index is 927. The highest BCUT2D eigenvalue weighted by atomic mass is 32.2. The number of ether oxygens (including phenoxy) is 1. The van der Waals surface area contributed by atoms with Crippen molar-refractivity contribution in [1.29, 1.82) is 0 Å². The molecular formula is C20H23N3O5S. The molecule has 1 aliphatic rings. The third-order valence-electron chi connectivity index (χ3n) is 4.52. The van der Waals surface area contributed by atoms with Crippen molar-refractivity contribution < 1.29 is 22.7 Å². The molecule has 0 radical (unpaired) electrons. The quantitative estimate of drug-likeness (QED) is 0.716. The van der Waals surface area contributed by atoms with Crippen LogP contribution in [-0.2, 0) is 19.6 Å². The summed E-state index contributed by atoms with van der Waals surface area (Å²) in [5.74, 6) is -0.0768. The number of benzene rings is 2. The number of amides is 2. The van der Waals surface area contributed by atoms with Gasteiger partial charge >= 0.3 is 0 Å². The summed E-state index contributed by atoms with van der Waals surface area (Å²) in [5.41, 5.74) is 0. The van der Waals surface area contributed by atoms with Gasteiger partial charge in [0.05, 0.1) is 11.4 Å². The van der Waals surface area contributed by atoms with Crippen molar-refractivity contribution in [1.82, 2.24) is 14.5 Å². The highest BCUT2D eigenvalue weighted by Crippen LogP contribution is 2.17. The molecule has 0 unspecified atom stereocenters. The Morgan fingerprint density at radius 3 is 2.10 bits per heavy atom. The third kappa shape index (κ3) is 5.55. The number of carbonyl (C=O) groups is 2. The molecule has 0 saturated carbocycles. The van der Waals surface area contributed by atoms with Crippen LogP contribution in [-0.4, -0.2) is 68.8 Å². The summed E-state index contributed by atoms with van der Waals surface area (Å²) < 4.78 is 31.9. The van der Waals surface area contributed by atoms with Crippen LogP contribution in [0.4, 0.5) is 0 Å². The van der Waals surface area contributed by atoms with Crippen LogP contribution in [0, 0.1) is 0 Å². The molecule has 0 spiro atoms. The molecule has 1 aliphatic heterocycles. The van der Waals surface area contributed by atoms with E-state index in [9.17, 15) is 18.0 Å². The molecule has 29 heavy (non-hydrogen) atoms. The fourth-order valence-corrected chi connectivity index (χ4v) is 4.37. The molecule has 0 atom stereocenters. The molecule has 8 nitrogen and oxygen atoms in total. The maximum atomic E-state index is 12.6. The summed E-state index contributed by atoms with van der Waals surface area (Å²) in [6.45, 7) is 0.660. The van der Waals surface area contributed by atoms with E-state index in [1.54, 1.807) is 59.5 Å². The second-order valence-electron chi connectivity index (χ2n) is 6.48. The summed E-state index contributed by atoms with van der Waals surface area (Å²) in [4.78, 5) is 25.9. The Kier molecular flexibility index (Phi) is 6.84. The highest BCUT2D eigenvalue weighted by molar-refractivity contribution is 7.89. The summed E-state index contributed by atoms with van der Waals surface area (Å²) in [6.07, 6.45) is 0. The van der Waals surface area contributed by atoms with Crippen LogP contribution in [0.3, 0.4) is 0 Å². The van der Waals surface area contributed by atoms with E-state index < -0.39 is 15.9 Å². The minimum Gasteiger partial charge on any atom is -0.484 e. The van der Waals surface area contributed by atoms with Crippen molar-refractivity contribution in [2.24, 2.45) is 0 Å². The second-order valence-corrected chi connectivity index (χ2v) is 8.41. The minimum atomic E-state index is -3.56. The molecule has 1 fully saturated rings. The first-order valence-corrected chi connectivity index (χ1v) is 10.7. The maximum Gasteiger partial charge on any atom is 0.258 e. The van der Waals surface area contributed by atoms with Crippen molar-refractivity contribution in [2.45, 2.75) is 4.90 Å². The van der Waals surface area contributed by atoms with Crippen molar-refractivity contribution in [3.63, 3.8) is 0 Å². The maximum absolute atomic E-state index is 12.6. The zero-order valence-electron chi connectivity index (χ0n) is 15.9. The van der Waals surface area contributed by atoms with E-state index in [-0.39, 0.29) is 50.1 Å². The molecule has 1 N–H and O–H groups in total. The van der Waals surface area contributed by atoms with Crippen LogP contribution in [0.1, 0.15) is 0 Å². The van der Waals surface area contributed by atoms with E-state index >= 15 is 0 Å². The molecule has 0 aromatic heterocycles. The first-order chi connectivity index (χ1) is 14.0. The van der Waals surface area contributed by atoms with Crippen molar-refractivity contribution in [3.05, 3.63) is 60.7 Å². The van der Waals surface area contributed by atoms with E-state index in [1.165, 1.54) is 4.31 Å². The lowest BCUT2D eigenvalue weighted by molar-refractivity contribution is -0.134. The number of nitrogens with zero attached hydrogens (tertiary/aromatic N) is 2. The predicted molar refractivity (Wildman–Crippen MR) is 107 cm³/mol. The van der Waals surface area contributed by atoms with Crippen LogP contribution in [0.2, 0.25) is 0 Å². The summed E-state index contributed by atoms with van der Waals surface area (Å²) in [6, 6.07) is 17.1. The molecule has 9 heteroatoms. The first kappa shape index (κ1) is 20.8. The van der Waals surface area contributed by atoms with Gasteiger partial charge in [0, 0.05) is 26.2 Å². The average Bonchev–Trinajstić information content (AvgIpc) is 2.77. The molecule has 154 valence electrons. The summed E-state index contributed by atoms with van der Waals surface area (Å²) in [5, 5.41) is 2.53. The fourth-order valence-electron chi connectivity index (χ4n) is 2.92. The normalized spacial score (nSPS) is 15.0. The third-order valence-corrected chi connectivity index (χ3v) is 6.44. The van der Waals surface area contributed by atoms with Gasteiger partial charge in [-0.05, 0) is 24.3 Å². The number of nitrogens with one attached hydrogen (secondary N) is 1. The minimum absolute atomic E-state index is 0.150. The van der Waals surface area contributed by atoms with E-state index in [2.05, 4.69) is 5.32 Å². The standard InChI is InChI=1S/C20H23N3O5S/c24-19(16-28-17-7-3-1-4-8-17)21-15-20(25)22-11-13-23(14-12-22)29(26,27)18-9-5-2-6-10-18/h1-10H,11-16H2,(H,21,24). The van der Waals surface area contributed by atoms with Crippen molar-refractivity contribution in [2.75, 3.05) is 39.3 Å². The molecule has 0 bridgehead atoms. The lowest BCUT2D eigenvalue weighted by atomic mass is 10.3. The van der Waals surface area contributed by atoms with Gasteiger partial charge in [0.1, 0.15) is 5.75 Å². The molecular weight excluding hydrogens is 394 g/mol. The Morgan fingerprint density at radius 1 is 0.897 bits per heavy atom. The van der Waals surface area contributed by atoms with Crippen LogP contribution in [0.5, 0.6) is 5.75 Å². The largest absolute Gasteiger partial charge is 0.484 e. The van der Waals surface area contributed by atoms with Gasteiger partial charge in [-0.1, -0.05) is 36.4 Å². The smallest absolute Gasteiger partial charge is 0.258 e. The number of carbonyl (C=O) groups excluding carboxylic acids is 2. The molecule has 1 heterocycles. The second kappa shape index (κ2) is 9.53. The highest BCUT2D eigenvalue weighted by Gasteiger charge is 2.29. The first-order valence-electron chi connectivity index (χ1n) is 9.24. The topological polar surface area (TPSA) is 96.0 Å².